The Labute approximate surface area is 245 Å². The van der Waals surface area contributed by atoms with Crippen molar-refractivity contribution in [2.75, 3.05) is 24.5 Å². The maximum atomic E-state index is 13.6. The second-order valence-electron chi connectivity index (χ2n) is 11.8. The third-order valence-corrected chi connectivity index (χ3v) is 7.61. The number of fused-ring (bicyclic) bond motifs is 1. The molecule has 1 atom stereocenters. The summed E-state index contributed by atoms with van der Waals surface area (Å²) in [7, 11) is 5.80. The molecule has 1 amide bonds. The van der Waals surface area contributed by atoms with Crippen LogP contribution in [0.2, 0.25) is 0 Å². The molecule has 0 bridgehead atoms. The summed E-state index contributed by atoms with van der Waals surface area (Å²) >= 11 is 0. The van der Waals surface area contributed by atoms with Crippen LogP contribution in [0.15, 0.2) is 53.6 Å². The fraction of sp³-hybridized carbons (Fsp3) is 0.357. The minimum atomic E-state index is -2.96. The third-order valence-electron chi connectivity index (χ3n) is 7.61. The molecule has 1 fully saturated rings. The Morgan fingerprint density at radius 1 is 1.10 bits per heavy atom. The van der Waals surface area contributed by atoms with E-state index in [1.807, 2.05) is 59.1 Å². The summed E-state index contributed by atoms with van der Waals surface area (Å²) in [5.74, 6) is 0.730. The van der Waals surface area contributed by atoms with Gasteiger partial charge in [-0.25, -0.2) is 9.97 Å². The molecule has 5 rings (SSSR count). The Balaban J connectivity index is 1.53. The minimum Gasteiger partial charge on any atom is -0.434 e. The molecule has 1 aliphatic heterocycles. The molecule has 1 aliphatic rings. The second kappa shape index (κ2) is 11.3. The topological polar surface area (TPSA) is 85.5 Å². The summed E-state index contributed by atoms with van der Waals surface area (Å²) in [5.41, 5.74) is 3.52. The standard InChI is InChI=1S/C28H33B3F2N6O3/c1-16-4-7-24(42-26(32)33)20(10-16)15-38-23-11-19(5-6-22(23)25(41)39(38)28(29,30)31)21-12-34-27(35-13-21)36-8-9-37(18(3)40)17(2)14-36/h4-7,10-13,17,26H,8-9,14-15,29-31H2,1-3H3/t17-/m1/s1. The molecule has 4 aromatic rings. The smallest absolute Gasteiger partial charge is 0.387 e. The zero-order valence-corrected chi connectivity index (χ0v) is 24.8. The fourth-order valence-electron chi connectivity index (χ4n) is 5.70. The number of hydrogen-bond acceptors (Lipinski definition) is 6. The summed E-state index contributed by atoms with van der Waals surface area (Å²) in [5, 5.41) is -0.0643. The van der Waals surface area contributed by atoms with Gasteiger partial charge in [-0.05, 0) is 42.8 Å². The first-order valence-electron chi connectivity index (χ1n) is 14.0. The molecule has 2 aromatic heterocycles. The number of piperazine rings is 1. The lowest BCUT2D eigenvalue weighted by molar-refractivity contribution is -0.131. The second-order valence-corrected chi connectivity index (χ2v) is 11.8. The average Bonchev–Trinajstić information content (AvgIpc) is 3.20. The van der Waals surface area contributed by atoms with Crippen LogP contribution in [-0.2, 0) is 16.6 Å². The van der Waals surface area contributed by atoms with Crippen molar-refractivity contribution in [2.24, 2.45) is 0 Å². The van der Waals surface area contributed by atoms with Crippen LogP contribution >= 0.6 is 0 Å². The van der Waals surface area contributed by atoms with E-state index in [0.29, 0.717) is 42.0 Å². The molecule has 0 unspecified atom stereocenters. The molecule has 216 valence electrons. The van der Waals surface area contributed by atoms with E-state index in [1.165, 1.54) is 6.07 Å². The third kappa shape index (κ3) is 5.80. The Bertz CT molecular complexity index is 1690. The van der Waals surface area contributed by atoms with Crippen LogP contribution in [0.4, 0.5) is 14.7 Å². The maximum absolute atomic E-state index is 13.6. The van der Waals surface area contributed by atoms with Gasteiger partial charge in [-0.2, -0.15) is 8.78 Å². The molecule has 0 N–H and O–H groups in total. The van der Waals surface area contributed by atoms with Crippen LogP contribution in [-0.4, -0.2) is 86.0 Å². The van der Waals surface area contributed by atoms with E-state index in [-0.39, 0.29) is 29.8 Å². The number of aromatic nitrogens is 4. The number of ether oxygens (including phenoxy) is 1. The van der Waals surface area contributed by atoms with Crippen LogP contribution in [0.5, 0.6) is 5.75 Å². The van der Waals surface area contributed by atoms with Gasteiger partial charge < -0.3 is 14.5 Å². The quantitative estimate of drug-likeness (QED) is 0.304. The average molecular weight is 572 g/mol. The molecule has 3 heterocycles. The monoisotopic (exact) mass is 572 g/mol. The summed E-state index contributed by atoms with van der Waals surface area (Å²) < 4.78 is 34.7. The van der Waals surface area contributed by atoms with Crippen LogP contribution in [0.25, 0.3) is 22.0 Å². The molecule has 9 nitrogen and oxygen atoms in total. The highest BCUT2D eigenvalue weighted by Crippen LogP contribution is 2.28. The molecule has 0 spiro atoms. The van der Waals surface area contributed by atoms with E-state index in [2.05, 4.69) is 14.9 Å². The summed E-state index contributed by atoms with van der Waals surface area (Å²) in [6, 6.07) is 10.7. The normalized spacial score (nSPS) is 15.9. The van der Waals surface area contributed by atoms with Crippen molar-refractivity contribution in [2.45, 2.75) is 45.2 Å². The number of rotatable bonds is 7. The molecule has 42 heavy (non-hydrogen) atoms. The lowest BCUT2D eigenvalue weighted by Gasteiger charge is -2.39. The van der Waals surface area contributed by atoms with Crippen molar-refractivity contribution in [1.29, 1.82) is 0 Å². The van der Waals surface area contributed by atoms with Gasteiger partial charge in [0, 0.05) is 56.1 Å². The van der Waals surface area contributed by atoms with Crippen LogP contribution in [0.3, 0.4) is 0 Å². The van der Waals surface area contributed by atoms with Crippen molar-refractivity contribution >= 4 is 46.3 Å². The number of hydrogen-bond donors (Lipinski definition) is 0. The van der Waals surface area contributed by atoms with Gasteiger partial charge in [0.05, 0.1) is 17.4 Å². The van der Waals surface area contributed by atoms with Gasteiger partial charge in [0.25, 0.3) is 5.56 Å². The van der Waals surface area contributed by atoms with Gasteiger partial charge in [-0.3, -0.25) is 19.0 Å². The largest absolute Gasteiger partial charge is 0.434 e. The predicted octanol–water partition coefficient (Wildman–Crippen LogP) is 0.742. The van der Waals surface area contributed by atoms with Gasteiger partial charge in [-0.1, -0.05) is 23.8 Å². The molecule has 2 aromatic carbocycles. The summed E-state index contributed by atoms with van der Waals surface area (Å²) in [6.45, 7) is 4.58. The highest BCUT2D eigenvalue weighted by atomic mass is 19.3. The van der Waals surface area contributed by atoms with E-state index < -0.39 is 11.8 Å². The SMILES string of the molecule is BC(B)(B)n1c(=O)c2ccc(-c3cnc(N4CCN(C(C)=O)[C@H](C)C4)nc3)cc2n1Cc1cc(C)ccc1OC(F)F. The highest BCUT2D eigenvalue weighted by molar-refractivity contribution is 6.56. The number of carbonyl (C=O) groups excluding carboxylic acids is 1. The first-order valence-corrected chi connectivity index (χ1v) is 14.0. The number of carbonyl (C=O) groups is 1. The summed E-state index contributed by atoms with van der Waals surface area (Å²) in [6.07, 6.45) is 3.51. The van der Waals surface area contributed by atoms with Gasteiger partial charge in [0.15, 0.2) is 0 Å². The maximum Gasteiger partial charge on any atom is 0.387 e. The minimum absolute atomic E-state index is 0.0607. The Kier molecular flexibility index (Phi) is 7.91. The number of nitrogens with zero attached hydrogens (tertiary/aromatic N) is 6. The lowest BCUT2D eigenvalue weighted by Crippen LogP contribution is -2.53. The van der Waals surface area contributed by atoms with Crippen molar-refractivity contribution in [3.05, 3.63) is 70.3 Å². The van der Waals surface area contributed by atoms with E-state index in [0.717, 1.165) is 16.7 Å². The van der Waals surface area contributed by atoms with Crippen molar-refractivity contribution in [3.8, 4) is 16.9 Å². The van der Waals surface area contributed by atoms with Crippen molar-refractivity contribution < 1.29 is 18.3 Å². The van der Waals surface area contributed by atoms with Gasteiger partial charge in [0.2, 0.25) is 11.9 Å². The van der Waals surface area contributed by atoms with E-state index in [9.17, 15) is 18.4 Å². The Morgan fingerprint density at radius 2 is 1.81 bits per heavy atom. The fourth-order valence-corrected chi connectivity index (χ4v) is 5.70. The predicted molar refractivity (Wildman–Crippen MR) is 167 cm³/mol. The number of alkyl halides is 2. The van der Waals surface area contributed by atoms with Crippen LogP contribution in [0.1, 0.15) is 25.0 Å². The lowest BCUT2D eigenvalue weighted by atomic mass is 9.49. The molecule has 0 saturated carbocycles. The highest BCUT2D eigenvalue weighted by Gasteiger charge is 2.27. The van der Waals surface area contributed by atoms with E-state index in [1.54, 1.807) is 42.2 Å². The van der Waals surface area contributed by atoms with Gasteiger partial charge in [0.1, 0.15) is 29.3 Å². The number of amides is 1. The zero-order valence-electron chi connectivity index (χ0n) is 24.8. The molecule has 14 heteroatoms. The molecular weight excluding hydrogens is 539 g/mol. The first kappa shape index (κ1) is 29.4. The van der Waals surface area contributed by atoms with Gasteiger partial charge >= 0.3 is 6.61 Å². The Morgan fingerprint density at radius 3 is 2.43 bits per heavy atom. The van der Waals surface area contributed by atoms with Gasteiger partial charge in [-0.15, -0.1) is 0 Å². The van der Waals surface area contributed by atoms with Crippen LogP contribution < -0.4 is 15.2 Å². The molecule has 0 radical (unpaired) electrons. The first-order chi connectivity index (χ1) is 19.8. The van der Waals surface area contributed by atoms with E-state index >= 15 is 0 Å². The van der Waals surface area contributed by atoms with Crippen LogP contribution in [0, 0.1) is 6.92 Å². The van der Waals surface area contributed by atoms with E-state index in [4.69, 9.17) is 4.74 Å². The zero-order chi connectivity index (χ0) is 30.3. The molecular formula is C28H33B3F2N6O3. The summed E-state index contributed by atoms with van der Waals surface area (Å²) in [4.78, 5) is 38.6. The molecule has 0 aliphatic carbocycles. The molecule has 1 saturated heterocycles. The van der Waals surface area contributed by atoms with Crippen molar-refractivity contribution in [1.82, 2.24) is 24.2 Å². The number of anilines is 1. The number of halogens is 2. The number of aryl methyl sites for hydroxylation is 1. The number of benzene rings is 2. The van der Waals surface area contributed by atoms with Crippen molar-refractivity contribution in [3.63, 3.8) is 0 Å². The Hall–Kier alpha value is -4.09.